The lowest BCUT2D eigenvalue weighted by atomic mass is 10.1. The van der Waals surface area contributed by atoms with E-state index in [0.717, 1.165) is 5.56 Å². The SMILES string of the molecule is CC(=O)CC[C@H](NC(=O)OCc1ccccc1)C(N)=O. The summed E-state index contributed by atoms with van der Waals surface area (Å²) in [4.78, 5) is 33.6. The van der Waals surface area contributed by atoms with Gasteiger partial charge in [-0.3, -0.25) is 4.79 Å². The number of nitrogens with two attached hydrogens (primary N) is 1. The number of carbonyl (C=O) groups excluding carboxylic acids is 3. The van der Waals surface area contributed by atoms with Gasteiger partial charge in [0.2, 0.25) is 5.91 Å². The summed E-state index contributed by atoms with van der Waals surface area (Å²) in [6.07, 6.45) is -0.390. The van der Waals surface area contributed by atoms with E-state index in [1.165, 1.54) is 6.92 Å². The minimum absolute atomic E-state index is 0.0734. The molecule has 0 saturated heterocycles. The van der Waals surface area contributed by atoms with Crippen LogP contribution >= 0.6 is 0 Å². The van der Waals surface area contributed by atoms with Crippen LogP contribution in [0.4, 0.5) is 4.79 Å². The van der Waals surface area contributed by atoms with E-state index in [2.05, 4.69) is 5.32 Å². The average Bonchev–Trinajstić information content (AvgIpc) is 2.41. The fraction of sp³-hybridized carbons (Fsp3) is 0.357. The van der Waals surface area contributed by atoms with Gasteiger partial charge >= 0.3 is 6.09 Å². The van der Waals surface area contributed by atoms with Gasteiger partial charge in [0.05, 0.1) is 0 Å². The molecule has 2 amide bonds. The molecule has 108 valence electrons. The molecule has 0 aliphatic carbocycles. The van der Waals surface area contributed by atoms with Gasteiger partial charge in [0.15, 0.2) is 0 Å². The van der Waals surface area contributed by atoms with Crippen molar-refractivity contribution >= 4 is 17.8 Å². The van der Waals surface area contributed by atoms with E-state index in [9.17, 15) is 14.4 Å². The van der Waals surface area contributed by atoms with Crippen molar-refractivity contribution in [3.05, 3.63) is 35.9 Å². The third-order valence-electron chi connectivity index (χ3n) is 2.63. The molecule has 1 rings (SSSR count). The highest BCUT2D eigenvalue weighted by Crippen LogP contribution is 2.02. The lowest BCUT2D eigenvalue weighted by molar-refractivity contribution is -0.120. The molecule has 3 N–H and O–H groups in total. The molecule has 0 saturated carbocycles. The van der Waals surface area contributed by atoms with Crippen molar-refractivity contribution in [2.45, 2.75) is 32.4 Å². The van der Waals surface area contributed by atoms with Gasteiger partial charge in [-0.05, 0) is 18.9 Å². The molecule has 6 heteroatoms. The number of ketones is 1. The second kappa shape index (κ2) is 7.93. The minimum atomic E-state index is -0.901. The summed E-state index contributed by atoms with van der Waals surface area (Å²) in [6, 6.07) is 8.24. The molecule has 0 aliphatic rings. The molecule has 0 heterocycles. The Morgan fingerprint density at radius 3 is 2.45 bits per heavy atom. The van der Waals surface area contributed by atoms with Crippen LogP contribution in [0.1, 0.15) is 25.3 Å². The molecule has 0 spiro atoms. The van der Waals surface area contributed by atoms with Crippen LogP contribution in [0.5, 0.6) is 0 Å². The molecular formula is C14H18N2O4. The van der Waals surface area contributed by atoms with Crippen molar-refractivity contribution in [2.75, 3.05) is 0 Å². The smallest absolute Gasteiger partial charge is 0.408 e. The Morgan fingerprint density at radius 1 is 1.25 bits per heavy atom. The Bertz CT molecular complexity index is 473. The average molecular weight is 278 g/mol. The molecule has 0 aliphatic heterocycles. The van der Waals surface area contributed by atoms with Crippen LogP contribution in [-0.4, -0.2) is 23.8 Å². The third kappa shape index (κ3) is 5.99. The topological polar surface area (TPSA) is 98.5 Å². The molecule has 6 nitrogen and oxygen atoms in total. The van der Waals surface area contributed by atoms with Gasteiger partial charge in [0, 0.05) is 6.42 Å². The number of nitrogens with one attached hydrogen (secondary N) is 1. The molecule has 1 aromatic carbocycles. The summed E-state index contributed by atoms with van der Waals surface area (Å²) >= 11 is 0. The zero-order valence-electron chi connectivity index (χ0n) is 11.3. The van der Waals surface area contributed by atoms with E-state index in [-0.39, 0.29) is 25.2 Å². The highest BCUT2D eigenvalue weighted by atomic mass is 16.5. The van der Waals surface area contributed by atoms with Gasteiger partial charge in [0.1, 0.15) is 18.4 Å². The monoisotopic (exact) mass is 278 g/mol. The highest BCUT2D eigenvalue weighted by molar-refractivity contribution is 5.85. The maximum Gasteiger partial charge on any atom is 0.408 e. The lowest BCUT2D eigenvalue weighted by Gasteiger charge is -2.14. The predicted octanol–water partition coefficient (Wildman–Crippen LogP) is 1.14. The second-order valence-electron chi connectivity index (χ2n) is 4.40. The first-order valence-electron chi connectivity index (χ1n) is 6.25. The first-order valence-corrected chi connectivity index (χ1v) is 6.25. The van der Waals surface area contributed by atoms with Crippen molar-refractivity contribution in [3.8, 4) is 0 Å². The number of alkyl carbamates (subject to hydrolysis) is 1. The van der Waals surface area contributed by atoms with Crippen LogP contribution in [0.2, 0.25) is 0 Å². The number of amides is 2. The number of benzene rings is 1. The zero-order chi connectivity index (χ0) is 15.0. The Labute approximate surface area is 117 Å². The van der Waals surface area contributed by atoms with E-state index in [1.807, 2.05) is 30.3 Å². The number of hydrogen-bond acceptors (Lipinski definition) is 4. The number of ether oxygens (including phenoxy) is 1. The van der Waals surface area contributed by atoms with E-state index in [4.69, 9.17) is 10.5 Å². The number of hydrogen-bond donors (Lipinski definition) is 2. The Hall–Kier alpha value is -2.37. The molecule has 0 fully saturated rings. The van der Waals surface area contributed by atoms with Crippen molar-refractivity contribution in [1.82, 2.24) is 5.32 Å². The zero-order valence-corrected chi connectivity index (χ0v) is 11.3. The van der Waals surface area contributed by atoms with Gasteiger partial charge in [-0.25, -0.2) is 4.79 Å². The molecule has 0 aromatic heterocycles. The molecular weight excluding hydrogens is 260 g/mol. The van der Waals surface area contributed by atoms with Crippen LogP contribution in [0.3, 0.4) is 0 Å². The maximum absolute atomic E-state index is 11.5. The van der Waals surface area contributed by atoms with Gasteiger partial charge in [-0.1, -0.05) is 30.3 Å². The fourth-order valence-electron chi connectivity index (χ4n) is 1.54. The Kier molecular flexibility index (Phi) is 6.22. The van der Waals surface area contributed by atoms with E-state index in [1.54, 1.807) is 0 Å². The van der Waals surface area contributed by atoms with Crippen molar-refractivity contribution in [1.29, 1.82) is 0 Å². The molecule has 0 bridgehead atoms. The molecule has 0 unspecified atom stereocenters. The van der Waals surface area contributed by atoms with Gasteiger partial charge in [0.25, 0.3) is 0 Å². The lowest BCUT2D eigenvalue weighted by Crippen LogP contribution is -2.44. The Balaban J connectivity index is 2.41. The number of primary amides is 1. The highest BCUT2D eigenvalue weighted by Gasteiger charge is 2.19. The van der Waals surface area contributed by atoms with E-state index >= 15 is 0 Å². The molecule has 1 aromatic rings. The summed E-state index contributed by atoms with van der Waals surface area (Å²) in [7, 11) is 0. The molecule has 20 heavy (non-hydrogen) atoms. The van der Waals surface area contributed by atoms with Crippen LogP contribution in [0.25, 0.3) is 0 Å². The van der Waals surface area contributed by atoms with E-state index < -0.39 is 18.0 Å². The molecule has 1 atom stereocenters. The summed E-state index contributed by atoms with van der Waals surface area (Å²) < 4.78 is 4.97. The second-order valence-corrected chi connectivity index (χ2v) is 4.40. The summed E-state index contributed by atoms with van der Waals surface area (Å²) in [5.74, 6) is -0.765. The minimum Gasteiger partial charge on any atom is -0.445 e. The van der Waals surface area contributed by atoms with Gasteiger partial charge < -0.3 is 20.6 Å². The fourth-order valence-corrected chi connectivity index (χ4v) is 1.54. The van der Waals surface area contributed by atoms with Crippen LogP contribution < -0.4 is 11.1 Å². The number of Topliss-reactive ketones (excluding diaryl/α,β-unsaturated/α-hetero) is 1. The van der Waals surface area contributed by atoms with Crippen LogP contribution in [-0.2, 0) is 20.9 Å². The largest absolute Gasteiger partial charge is 0.445 e. The predicted molar refractivity (Wildman–Crippen MR) is 72.7 cm³/mol. The van der Waals surface area contributed by atoms with Gasteiger partial charge in [-0.15, -0.1) is 0 Å². The molecule has 0 radical (unpaired) electrons. The van der Waals surface area contributed by atoms with Crippen molar-refractivity contribution < 1.29 is 19.1 Å². The number of rotatable bonds is 7. The Morgan fingerprint density at radius 2 is 1.90 bits per heavy atom. The summed E-state index contributed by atoms with van der Waals surface area (Å²) in [6.45, 7) is 1.51. The number of carbonyl (C=O) groups is 3. The van der Waals surface area contributed by atoms with Crippen molar-refractivity contribution in [2.24, 2.45) is 5.73 Å². The summed E-state index contributed by atoms with van der Waals surface area (Å²) in [5, 5.41) is 2.35. The van der Waals surface area contributed by atoms with E-state index in [0.29, 0.717) is 0 Å². The standard InChI is InChI=1S/C14H18N2O4/c1-10(17)7-8-12(13(15)18)16-14(19)20-9-11-5-3-2-4-6-11/h2-6,12H,7-9H2,1H3,(H2,15,18)(H,16,19)/t12-/m0/s1. The summed E-state index contributed by atoms with van der Waals surface area (Å²) in [5.41, 5.74) is 5.99. The van der Waals surface area contributed by atoms with Gasteiger partial charge in [-0.2, -0.15) is 0 Å². The third-order valence-corrected chi connectivity index (χ3v) is 2.63. The van der Waals surface area contributed by atoms with Crippen molar-refractivity contribution in [3.63, 3.8) is 0 Å². The maximum atomic E-state index is 11.5. The van der Waals surface area contributed by atoms with Crippen LogP contribution in [0.15, 0.2) is 30.3 Å². The van der Waals surface area contributed by atoms with Crippen LogP contribution in [0, 0.1) is 0 Å². The quantitative estimate of drug-likeness (QED) is 0.781. The first-order chi connectivity index (χ1) is 9.49. The first kappa shape index (κ1) is 15.7. The normalized spacial score (nSPS) is 11.4.